The molecule has 34 heavy (non-hydrogen) atoms. The first-order valence-corrected chi connectivity index (χ1v) is 12.0. The lowest BCUT2D eigenvalue weighted by Crippen LogP contribution is -2.36. The molecule has 0 saturated carbocycles. The number of aromatic hydroxyl groups is 1. The van der Waals surface area contributed by atoms with Crippen LogP contribution in [0.15, 0.2) is 42.2 Å². The number of hydrogen-bond donors (Lipinski definition) is 1. The zero-order chi connectivity index (χ0) is 24.5. The van der Waals surface area contributed by atoms with Crippen molar-refractivity contribution in [2.75, 3.05) is 19.7 Å². The van der Waals surface area contributed by atoms with Gasteiger partial charge in [0.05, 0.1) is 23.7 Å². The summed E-state index contributed by atoms with van der Waals surface area (Å²) < 4.78 is 11.2. The highest BCUT2D eigenvalue weighted by molar-refractivity contribution is 6.15. The van der Waals surface area contributed by atoms with E-state index in [9.17, 15) is 14.7 Å². The average Bonchev–Trinajstić information content (AvgIpc) is 3.11. The number of fused-ring (bicyclic) bond motifs is 1. The maximum Gasteiger partial charge on any atom is 0.309 e. The van der Waals surface area contributed by atoms with Crippen molar-refractivity contribution < 1.29 is 24.2 Å². The molecule has 0 unspecified atom stereocenters. The van der Waals surface area contributed by atoms with Gasteiger partial charge in [-0.3, -0.25) is 14.5 Å². The van der Waals surface area contributed by atoms with Gasteiger partial charge in [0.2, 0.25) is 5.78 Å². The number of esters is 1. The van der Waals surface area contributed by atoms with E-state index in [0.717, 1.165) is 5.56 Å². The van der Waals surface area contributed by atoms with E-state index in [4.69, 9.17) is 9.47 Å². The fourth-order valence-corrected chi connectivity index (χ4v) is 4.49. The van der Waals surface area contributed by atoms with E-state index in [1.165, 1.54) is 5.56 Å². The Morgan fingerprint density at radius 1 is 1.15 bits per heavy atom. The molecule has 2 heterocycles. The minimum Gasteiger partial charge on any atom is -0.507 e. The summed E-state index contributed by atoms with van der Waals surface area (Å²) in [4.78, 5) is 27.2. The Morgan fingerprint density at radius 2 is 1.82 bits per heavy atom. The van der Waals surface area contributed by atoms with Gasteiger partial charge in [0.15, 0.2) is 5.76 Å². The van der Waals surface area contributed by atoms with Gasteiger partial charge in [-0.25, -0.2) is 0 Å². The molecule has 2 aliphatic heterocycles. The van der Waals surface area contributed by atoms with E-state index in [0.29, 0.717) is 56.0 Å². The molecule has 0 bridgehead atoms. The van der Waals surface area contributed by atoms with Crippen LogP contribution in [-0.2, 0) is 21.5 Å². The van der Waals surface area contributed by atoms with E-state index in [2.05, 4.69) is 37.8 Å². The van der Waals surface area contributed by atoms with Gasteiger partial charge in [0.25, 0.3) is 0 Å². The third-order valence-corrected chi connectivity index (χ3v) is 6.58. The number of benzene rings is 2. The Bertz CT molecular complexity index is 1100. The number of hydrogen-bond acceptors (Lipinski definition) is 6. The number of nitrogens with zero attached hydrogens (tertiary/aromatic N) is 1. The minimum absolute atomic E-state index is 0.0544. The molecule has 1 fully saturated rings. The Labute approximate surface area is 201 Å². The number of allylic oxidation sites excluding steroid dienone is 1. The fraction of sp³-hybridized carbons (Fsp3) is 0.429. The van der Waals surface area contributed by atoms with Crippen molar-refractivity contribution in [2.45, 2.75) is 52.5 Å². The standard InChI is InChI=1S/C28H33NO5/c1-5-33-27(32)19-12-14-29(15-13-19)17-22-23(30)11-10-21-25(31)24(34-26(21)22)16-18-6-8-20(9-7-18)28(2,3)4/h6-11,16,19,30H,5,12-15,17H2,1-4H3/b24-16+. The van der Waals surface area contributed by atoms with Crippen molar-refractivity contribution in [3.05, 3.63) is 64.4 Å². The van der Waals surface area contributed by atoms with Gasteiger partial charge in [0.1, 0.15) is 11.5 Å². The van der Waals surface area contributed by atoms with Crippen molar-refractivity contribution >= 4 is 17.8 Å². The summed E-state index contributed by atoms with van der Waals surface area (Å²) in [6, 6.07) is 11.3. The van der Waals surface area contributed by atoms with Crippen molar-refractivity contribution in [3.8, 4) is 11.5 Å². The Kier molecular flexibility index (Phi) is 6.80. The normalized spacial score (nSPS) is 18.1. The smallest absolute Gasteiger partial charge is 0.309 e. The van der Waals surface area contributed by atoms with E-state index < -0.39 is 0 Å². The number of likely N-dealkylation sites (tertiary alicyclic amines) is 1. The van der Waals surface area contributed by atoms with Crippen LogP contribution in [0.4, 0.5) is 0 Å². The number of ether oxygens (including phenoxy) is 2. The van der Waals surface area contributed by atoms with Gasteiger partial charge in [-0.1, -0.05) is 45.0 Å². The van der Waals surface area contributed by atoms with Crippen LogP contribution >= 0.6 is 0 Å². The van der Waals surface area contributed by atoms with Crippen molar-refractivity contribution in [1.29, 1.82) is 0 Å². The number of piperidine rings is 1. The summed E-state index contributed by atoms with van der Waals surface area (Å²) >= 11 is 0. The molecule has 0 aliphatic carbocycles. The van der Waals surface area contributed by atoms with Gasteiger partial charge >= 0.3 is 5.97 Å². The number of carbonyl (C=O) groups excluding carboxylic acids is 2. The van der Waals surface area contributed by atoms with Gasteiger partial charge in [-0.15, -0.1) is 0 Å². The second kappa shape index (κ2) is 9.63. The number of rotatable bonds is 5. The summed E-state index contributed by atoms with van der Waals surface area (Å²) in [6.07, 6.45) is 3.18. The molecule has 6 heteroatoms. The van der Waals surface area contributed by atoms with Gasteiger partial charge in [-0.2, -0.15) is 0 Å². The fourth-order valence-electron chi connectivity index (χ4n) is 4.49. The SMILES string of the molecule is CCOC(=O)C1CCN(Cc2c(O)ccc3c2O/C(=C/c2ccc(C(C)(C)C)cc2)C3=O)CC1. The summed E-state index contributed by atoms with van der Waals surface area (Å²) in [7, 11) is 0. The lowest BCUT2D eigenvalue weighted by Gasteiger charge is -2.31. The summed E-state index contributed by atoms with van der Waals surface area (Å²) in [5.74, 6) is 0.390. The predicted molar refractivity (Wildman–Crippen MR) is 131 cm³/mol. The monoisotopic (exact) mass is 463 g/mol. The highest BCUT2D eigenvalue weighted by Crippen LogP contribution is 2.40. The second-order valence-electron chi connectivity index (χ2n) is 10.1. The Hall–Kier alpha value is -3.12. The Morgan fingerprint density at radius 3 is 2.44 bits per heavy atom. The maximum absolute atomic E-state index is 13.0. The van der Waals surface area contributed by atoms with Crippen LogP contribution in [0.3, 0.4) is 0 Å². The molecule has 0 amide bonds. The molecular formula is C28H33NO5. The molecule has 1 N–H and O–H groups in total. The summed E-state index contributed by atoms with van der Waals surface area (Å²) in [5, 5.41) is 10.6. The molecule has 1 saturated heterocycles. The zero-order valence-corrected chi connectivity index (χ0v) is 20.4. The zero-order valence-electron chi connectivity index (χ0n) is 20.4. The van der Waals surface area contributed by atoms with Crippen LogP contribution in [0.2, 0.25) is 0 Å². The molecule has 0 radical (unpaired) electrons. The molecule has 0 aromatic heterocycles. The molecule has 6 nitrogen and oxygen atoms in total. The first-order valence-electron chi connectivity index (χ1n) is 12.0. The molecule has 2 aliphatic rings. The molecule has 0 spiro atoms. The quantitative estimate of drug-likeness (QED) is 0.492. The number of Topliss-reactive ketones (excluding diaryl/α,β-unsaturated/α-hetero) is 1. The first-order chi connectivity index (χ1) is 16.2. The maximum atomic E-state index is 13.0. The highest BCUT2D eigenvalue weighted by Gasteiger charge is 2.33. The predicted octanol–water partition coefficient (Wildman–Crippen LogP) is 5.08. The van der Waals surface area contributed by atoms with Crippen LogP contribution in [0, 0.1) is 5.92 Å². The van der Waals surface area contributed by atoms with E-state index >= 15 is 0 Å². The molecular weight excluding hydrogens is 430 g/mol. The van der Waals surface area contributed by atoms with Crippen LogP contribution in [0.1, 0.15) is 67.6 Å². The van der Waals surface area contributed by atoms with E-state index in [1.807, 2.05) is 19.1 Å². The first kappa shape index (κ1) is 24.0. The van der Waals surface area contributed by atoms with Crippen molar-refractivity contribution in [1.82, 2.24) is 4.90 Å². The van der Waals surface area contributed by atoms with E-state index in [-0.39, 0.29) is 34.6 Å². The molecule has 0 atom stereocenters. The van der Waals surface area contributed by atoms with Crippen LogP contribution in [-0.4, -0.2) is 41.5 Å². The number of phenolic OH excluding ortho intramolecular Hbond substituents is 1. The topological polar surface area (TPSA) is 76.1 Å². The summed E-state index contributed by atoms with van der Waals surface area (Å²) in [6.45, 7) is 10.6. The molecule has 4 rings (SSSR count). The van der Waals surface area contributed by atoms with Crippen LogP contribution in [0.5, 0.6) is 11.5 Å². The molecule has 2 aromatic rings. The lowest BCUT2D eigenvalue weighted by molar-refractivity contribution is -0.149. The largest absolute Gasteiger partial charge is 0.507 e. The lowest BCUT2D eigenvalue weighted by atomic mass is 9.86. The molecule has 180 valence electrons. The number of ketones is 1. The minimum atomic E-state index is -0.183. The third-order valence-electron chi connectivity index (χ3n) is 6.58. The number of carbonyl (C=O) groups is 2. The highest BCUT2D eigenvalue weighted by atomic mass is 16.5. The van der Waals surface area contributed by atoms with Crippen LogP contribution < -0.4 is 4.74 Å². The number of phenols is 1. The van der Waals surface area contributed by atoms with E-state index in [1.54, 1.807) is 18.2 Å². The summed E-state index contributed by atoms with van der Waals surface area (Å²) in [5.41, 5.74) is 3.23. The van der Waals surface area contributed by atoms with Gasteiger partial charge < -0.3 is 14.6 Å². The van der Waals surface area contributed by atoms with Crippen molar-refractivity contribution in [2.24, 2.45) is 5.92 Å². The average molecular weight is 464 g/mol. The van der Waals surface area contributed by atoms with Crippen molar-refractivity contribution in [3.63, 3.8) is 0 Å². The van der Waals surface area contributed by atoms with Gasteiger partial charge in [-0.05, 0) is 67.6 Å². The van der Waals surface area contributed by atoms with Gasteiger partial charge in [0, 0.05) is 6.54 Å². The third kappa shape index (κ3) is 5.02. The second-order valence-corrected chi connectivity index (χ2v) is 10.1. The molecule has 2 aromatic carbocycles. The Balaban J connectivity index is 1.50. The van der Waals surface area contributed by atoms with Crippen LogP contribution in [0.25, 0.3) is 6.08 Å².